The molecule has 0 atom stereocenters. The second kappa shape index (κ2) is 3.02. The average molecular weight is 110 g/mol. The van der Waals surface area contributed by atoms with Crippen molar-refractivity contribution in [3.63, 3.8) is 0 Å². The van der Waals surface area contributed by atoms with Gasteiger partial charge in [-0.2, -0.15) is 0 Å². The molecule has 0 aromatic carbocycles. The van der Waals surface area contributed by atoms with Crippen LogP contribution in [0.3, 0.4) is 0 Å². The largest absolute Gasteiger partial charge is 0.384 e. The fourth-order valence-corrected chi connectivity index (χ4v) is 0.383. The summed E-state index contributed by atoms with van der Waals surface area (Å²) in [6.45, 7) is 5.28. The normalized spacial score (nSPS) is 10.9. The minimum absolute atomic E-state index is 0.0718. The van der Waals surface area contributed by atoms with Crippen LogP contribution in [0.1, 0.15) is 6.92 Å². The van der Waals surface area contributed by atoms with Crippen LogP contribution in [0.25, 0.3) is 0 Å². The highest BCUT2D eigenvalue weighted by Gasteiger charge is 1.88. The van der Waals surface area contributed by atoms with Crippen LogP contribution in [-0.2, 0) is 0 Å². The van der Waals surface area contributed by atoms with Gasteiger partial charge in [0.05, 0.1) is 0 Å². The molecule has 0 unspecified atom stereocenters. The Balaban J connectivity index is 4.13. The molecule has 44 valence electrons. The van der Waals surface area contributed by atoms with E-state index in [4.69, 9.17) is 11.1 Å². The summed E-state index contributed by atoms with van der Waals surface area (Å²) in [6, 6.07) is 0. The lowest BCUT2D eigenvalue weighted by atomic mass is 10.2. The highest BCUT2D eigenvalue weighted by molar-refractivity contribution is 5.96. The number of rotatable bonds is 2. The molecule has 0 fully saturated rings. The highest BCUT2D eigenvalue weighted by Crippen LogP contribution is 1.91. The monoisotopic (exact) mass is 110 g/mol. The average Bonchev–Trinajstić information content (AvgIpc) is 1.69. The first-order valence-electron chi connectivity index (χ1n) is 2.35. The van der Waals surface area contributed by atoms with Crippen LogP contribution in [0.15, 0.2) is 24.3 Å². The van der Waals surface area contributed by atoms with Crippen molar-refractivity contribution in [2.75, 3.05) is 0 Å². The first kappa shape index (κ1) is 6.95. The van der Waals surface area contributed by atoms with E-state index in [0.717, 1.165) is 0 Å². The number of nitrogens with two attached hydrogens (primary N) is 1. The topological polar surface area (TPSA) is 49.9 Å². The Labute approximate surface area is 49.2 Å². The molecular formula is C6H10N2. The van der Waals surface area contributed by atoms with Crippen LogP contribution in [0.5, 0.6) is 0 Å². The van der Waals surface area contributed by atoms with Gasteiger partial charge in [-0.15, -0.1) is 0 Å². The summed E-state index contributed by atoms with van der Waals surface area (Å²) in [4.78, 5) is 0. The van der Waals surface area contributed by atoms with Crippen LogP contribution in [0.2, 0.25) is 0 Å². The maximum atomic E-state index is 6.89. The molecular weight excluding hydrogens is 100 g/mol. The Morgan fingerprint density at radius 2 is 2.25 bits per heavy atom. The lowest BCUT2D eigenvalue weighted by Crippen LogP contribution is -2.10. The Morgan fingerprint density at radius 3 is 2.25 bits per heavy atom. The molecule has 0 rings (SSSR count). The van der Waals surface area contributed by atoms with Crippen molar-refractivity contribution < 1.29 is 0 Å². The van der Waals surface area contributed by atoms with Crippen molar-refractivity contribution in [2.24, 2.45) is 5.73 Å². The van der Waals surface area contributed by atoms with Gasteiger partial charge in [0.15, 0.2) is 0 Å². The fourth-order valence-electron chi connectivity index (χ4n) is 0.383. The number of hydrogen-bond donors (Lipinski definition) is 2. The van der Waals surface area contributed by atoms with Crippen molar-refractivity contribution in [3.8, 4) is 0 Å². The van der Waals surface area contributed by atoms with Crippen LogP contribution in [0, 0.1) is 5.41 Å². The first-order valence-corrected chi connectivity index (χ1v) is 2.35. The van der Waals surface area contributed by atoms with Gasteiger partial charge >= 0.3 is 0 Å². The second-order valence-corrected chi connectivity index (χ2v) is 1.36. The van der Waals surface area contributed by atoms with Gasteiger partial charge in [0, 0.05) is 5.57 Å². The summed E-state index contributed by atoms with van der Waals surface area (Å²) in [5.74, 6) is 0.0718. The SMILES string of the molecule is C=CC(=CC)C(=N)N. The molecule has 0 amide bonds. The standard InChI is InChI=1S/C6H10N2/c1-3-5(4-2)6(7)8/h3-4H,1H2,2H3,(H3,7,8). The number of hydrogen-bond acceptors (Lipinski definition) is 1. The molecule has 0 aromatic heterocycles. The van der Waals surface area contributed by atoms with E-state index in [2.05, 4.69) is 6.58 Å². The van der Waals surface area contributed by atoms with E-state index in [1.807, 2.05) is 6.92 Å². The number of nitrogens with one attached hydrogen (secondary N) is 1. The maximum absolute atomic E-state index is 6.89. The number of allylic oxidation sites excluding steroid dienone is 1. The molecule has 8 heavy (non-hydrogen) atoms. The van der Waals surface area contributed by atoms with Gasteiger partial charge in [-0.25, -0.2) is 0 Å². The Morgan fingerprint density at radius 1 is 1.75 bits per heavy atom. The summed E-state index contributed by atoms with van der Waals surface area (Å²) < 4.78 is 0. The van der Waals surface area contributed by atoms with Crippen LogP contribution >= 0.6 is 0 Å². The first-order chi connectivity index (χ1) is 3.72. The predicted molar refractivity (Wildman–Crippen MR) is 35.9 cm³/mol. The van der Waals surface area contributed by atoms with E-state index in [1.165, 1.54) is 0 Å². The van der Waals surface area contributed by atoms with Crippen molar-refractivity contribution in [2.45, 2.75) is 6.92 Å². The summed E-state index contributed by atoms with van der Waals surface area (Å²) in [5, 5.41) is 6.89. The van der Waals surface area contributed by atoms with E-state index < -0.39 is 0 Å². The molecule has 0 aliphatic rings. The fraction of sp³-hybridized carbons (Fsp3) is 0.167. The third-order valence-electron chi connectivity index (χ3n) is 0.842. The molecule has 0 saturated heterocycles. The molecule has 0 aromatic rings. The van der Waals surface area contributed by atoms with Crippen LogP contribution in [-0.4, -0.2) is 5.84 Å². The summed E-state index contributed by atoms with van der Waals surface area (Å²) >= 11 is 0. The summed E-state index contributed by atoms with van der Waals surface area (Å²) in [6.07, 6.45) is 3.30. The maximum Gasteiger partial charge on any atom is 0.122 e. The smallest absolute Gasteiger partial charge is 0.122 e. The van der Waals surface area contributed by atoms with Gasteiger partial charge in [-0.3, -0.25) is 5.41 Å². The van der Waals surface area contributed by atoms with Gasteiger partial charge in [-0.1, -0.05) is 18.7 Å². The quantitative estimate of drug-likeness (QED) is 0.311. The third kappa shape index (κ3) is 1.60. The Hall–Kier alpha value is -1.05. The molecule has 0 spiro atoms. The molecule has 0 radical (unpaired) electrons. The van der Waals surface area contributed by atoms with E-state index in [0.29, 0.717) is 5.57 Å². The van der Waals surface area contributed by atoms with E-state index in [9.17, 15) is 0 Å². The minimum atomic E-state index is 0.0718. The van der Waals surface area contributed by atoms with Crippen molar-refractivity contribution >= 4 is 5.84 Å². The van der Waals surface area contributed by atoms with E-state index >= 15 is 0 Å². The lowest BCUT2D eigenvalue weighted by molar-refractivity contribution is 1.42. The zero-order chi connectivity index (χ0) is 6.57. The van der Waals surface area contributed by atoms with E-state index in [1.54, 1.807) is 12.2 Å². The lowest BCUT2D eigenvalue weighted by Gasteiger charge is -1.92. The van der Waals surface area contributed by atoms with Crippen molar-refractivity contribution in [1.29, 1.82) is 5.41 Å². The molecule has 2 nitrogen and oxygen atoms in total. The second-order valence-electron chi connectivity index (χ2n) is 1.36. The van der Waals surface area contributed by atoms with Gasteiger partial charge in [0.2, 0.25) is 0 Å². The Bertz CT molecular complexity index is 133. The van der Waals surface area contributed by atoms with Crippen molar-refractivity contribution in [3.05, 3.63) is 24.3 Å². The van der Waals surface area contributed by atoms with Crippen LogP contribution in [0.4, 0.5) is 0 Å². The van der Waals surface area contributed by atoms with Gasteiger partial charge < -0.3 is 5.73 Å². The van der Waals surface area contributed by atoms with E-state index in [-0.39, 0.29) is 5.84 Å². The Kier molecular flexibility index (Phi) is 2.62. The van der Waals surface area contributed by atoms with Gasteiger partial charge in [0.1, 0.15) is 5.84 Å². The van der Waals surface area contributed by atoms with Crippen molar-refractivity contribution in [1.82, 2.24) is 0 Å². The summed E-state index contributed by atoms with van der Waals surface area (Å²) in [7, 11) is 0. The zero-order valence-electron chi connectivity index (χ0n) is 4.94. The zero-order valence-corrected chi connectivity index (χ0v) is 4.94. The molecule has 0 saturated carbocycles. The number of amidine groups is 1. The molecule has 3 N–H and O–H groups in total. The summed E-state index contributed by atoms with van der Waals surface area (Å²) in [5.41, 5.74) is 5.79. The predicted octanol–water partition coefficient (Wildman–Crippen LogP) is 1.05. The van der Waals surface area contributed by atoms with Gasteiger partial charge in [0.25, 0.3) is 0 Å². The molecule has 0 aliphatic carbocycles. The molecule has 0 aliphatic heterocycles. The highest BCUT2D eigenvalue weighted by atomic mass is 14.7. The van der Waals surface area contributed by atoms with Crippen LogP contribution < -0.4 is 5.73 Å². The minimum Gasteiger partial charge on any atom is -0.384 e. The molecule has 0 heterocycles. The molecule has 0 bridgehead atoms. The third-order valence-corrected chi connectivity index (χ3v) is 0.842. The van der Waals surface area contributed by atoms with Gasteiger partial charge in [-0.05, 0) is 6.92 Å². The molecule has 2 heteroatoms.